The Morgan fingerprint density at radius 1 is 1.30 bits per heavy atom. The summed E-state index contributed by atoms with van der Waals surface area (Å²) in [4.78, 5) is 0. The molecule has 5 nitrogen and oxygen atoms in total. The Hall–Kier alpha value is -2.02. The maximum atomic E-state index is 13.5. The van der Waals surface area contributed by atoms with Crippen molar-refractivity contribution in [2.75, 3.05) is 16.3 Å². The fourth-order valence-corrected chi connectivity index (χ4v) is 2.24. The summed E-state index contributed by atoms with van der Waals surface area (Å²) in [7, 11) is -3.52. The van der Waals surface area contributed by atoms with E-state index in [2.05, 4.69) is 10.0 Å². The third kappa shape index (κ3) is 3.74. The number of anilines is 2. The van der Waals surface area contributed by atoms with Crippen LogP contribution in [0.1, 0.15) is 11.3 Å². The first kappa shape index (κ1) is 14.4. The average molecular weight is 298 g/mol. The van der Waals surface area contributed by atoms with Gasteiger partial charge in [0, 0.05) is 5.69 Å². The molecule has 0 saturated carbocycles. The Balaban J connectivity index is 2.13. The molecule has 0 saturated heterocycles. The SMILES string of the molecule is Cc1ccoc1CNc1ccc(F)c(NS(C)(=O)=O)c1. The molecule has 0 unspecified atom stereocenters. The van der Waals surface area contributed by atoms with E-state index in [1.54, 1.807) is 6.26 Å². The summed E-state index contributed by atoms with van der Waals surface area (Å²) in [6.07, 6.45) is 2.56. The minimum Gasteiger partial charge on any atom is -0.467 e. The van der Waals surface area contributed by atoms with Gasteiger partial charge < -0.3 is 9.73 Å². The van der Waals surface area contributed by atoms with Crippen LogP contribution in [0.3, 0.4) is 0 Å². The van der Waals surface area contributed by atoms with Crippen LogP contribution in [0, 0.1) is 12.7 Å². The van der Waals surface area contributed by atoms with Gasteiger partial charge in [-0.05, 0) is 36.8 Å². The fraction of sp³-hybridized carbons (Fsp3) is 0.231. The topological polar surface area (TPSA) is 71.3 Å². The highest BCUT2D eigenvalue weighted by Gasteiger charge is 2.09. The van der Waals surface area contributed by atoms with Crippen molar-refractivity contribution in [3.05, 3.63) is 47.7 Å². The van der Waals surface area contributed by atoms with Crippen molar-refractivity contribution in [1.29, 1.82) is 0 Å². The molecule has 0 aliphatic heterocycles. The molecule has 0 spiro atoms. The Kier molecular flexibility index (Phi) is 3.99. The molecular weight excluding hydrogens is 283 g/mol. The zero-order valence-corrected chi connectivity index (χ0v) is 11.9. The molecule has 0 bridgehead atoms. The van der Waals surface area contributed by atoms with Crippen LogP contribution in [0.4, 0.5) is 15.8 Å². The lowest BCUT2D eigenvalue weighted by atomic mass is 10.2. The molecule has 1 heterocycles. The first-order valence-corrected chi connectivity index (χ1v) is 7.78. The molecule has 1 aromatic carbocycles. The second-order valence-corrected chi connectivity index (χ2v) is 6.20. The van der Waals surface area contributed by atoms with Gasteiger partial charge in [0.05, 0.1) is 24.8 Å². The van der Waals surface area contributed by atoms with Crippen molar-refractivity contribution in [2.45, 2.75) is 13.5 Å². The van der Waals surface area contributed by atoms with Gasteiger partial charge in [-0.1, -0.05) is 0 Å². The van der Waals surface area contributed by atoms with E-state index in [0.29, 0.717) is 12.2 Å². The highest BCUT2D eigenvalue weighted by Crippen LogP contribution is 2.21. The molecule has 0 radical (unpaired) electrons. The Morgan fingerprint density at radius 3 is 2.65 bits per heavy atom. The van der Waals surface area contributed by atoms with Crippen LogP contribution in [0.15, 0.2) is 34.9 Å². The third-order valence-electron chi connectivity index (χ3n) is 2.68. The summed E-state index contributed by atoms with van der Waals surface area (Å²) in [6, 6.07) is 5.97. The van der Waals surface area contributed by atoms with Crippen LogP contribution >= 0.6 is 0 Å². The van der Waals surface area contributed by atoms with Crippen LogP contribution in [-0.2, 0) is 16.6 Å². The first-order chi connectivity index (χ1) is 9.35. The summed E-state index contributed by atoms with van der Waals surface area (Å²) in [5.41, 5.74) is 1.51. The number of hydrogen-bond donors (Lipinski definition) is 2. The van der Waals surface area contributed by atoms with Gasteiger partial charge in [0.2, 0.25) is 10.0 Å². The smallest absolute Gasteiger partial charge is 0.229 e. The normalized spacial score (nSPS) is 11.3. The monoisotopic (exact) mass is 298 g/mol. The van der Waals surface area contributed by atoms with Crippen molar-refractivity contribution in [2.24, 2.45) is 0 Å². The van der Waals surface area contributed by atoms with Gasteiger partial charge in [-0.25, -0.2) is 12.8 Å². The van der Waals surface area contributed by atoms with Gasteiger partial charge in [-0.3, -0.25) is 4.72 Å². The number of sulfonamides is 1. The number of furan rings is 1. The second kappa shape index (κ2) is 5.54. The maximum Gasteiger partial charge on any atom is 0.229 e. The molecular formula is C13H15FN2O3S. The van der Waals surface area contributed by atoms with E-state index in [1.807, 2.05) is 13.0 Å². The molecule has 2 aromatic rings. The molecule has 0 aliphatic rings. The van der Waals surface area contributed by atoms with Crippen molar-refractivity contribution in [3.63, 3.8) is 0 Å². The standard InChI is InChI=1S/C13H15FN2O3S/c1-9-5-6-19-13(9)8-15-10-3-4-11(14)12(7-10)16-20(2,17)18/h3-7,15-16H,8H2,1-2H3. The van der Waals surface area contributed by atoms with Crippen LogP contribution in [0.5, 0.6) is 0 Å². The van der Waals surface area contributed by atoms with Gasteiger partial charge in [-0.15, -0.1) is 0 Å². The van der Waals surface area contributed by atoms with Crippen molar-refractivity contribution < 1.29 is 17.2 Å². The molecule has 108 valence electrons. The van der Waals surface area contributed by atoms with Crippen LogP contribution in [-0.4, -0.2) is 14.7 Å². The van der Waals surface area contributed by atoms with Gasteiger partial charge in [0.25, 0.3) is 0 Å². The zero-order chi connectivity index (χ0) is 14.8. The highest BCUT2D eigenvalue weighted by atomic mass is 32.2. The molecule has 1 aromatic heterocycles. The lowest BCUT2D eigenvalue weighted by molar-refractivity contribution is 0.515. The molecule has 0 aliphatic carbocycles. The van der Waals surface area contributed by atoms with Gasteiger partial charge in [0.15, 0.2) is 0 Å². The molecule has 2 rings (SSSR count). The van der Waals surface area contributed by atoms with E-state index in [4.69, 9.17) is 4.42 Å². The Morgan fingerprint density at radius 2 is 2.05 bits per heavy atom. The number of hydrogen-bond acceptors (Lipinski definition) is 4. The zero-order valence-electron chi connectivity index (χ0n) is 11.1. The number of aryl methyl sites for hydroxylation is 1. The van der Waals surface area contributed by atoms with E-state index in [-0.39, 0.29) is 5.69 Å². The van der Waals surface area contributed by atoms with Crippen LogP contribution in [0.25, 0.3) is 0 Å². The van der Waals surface area contributed by atoms with Crippen LogP contribution < -0.4 is 10.0 Å². The van der Waals surface area contributed by atoms with Gasteiger partial charge >= 0.3 is 0 Å². The summed E-state index contributed by atoms with van der Waals surface area (Å²) < 4.78 is 43.2. The van der Waals surface area contributed by atoms with E-state index in [0.717, 1.165) is 17.6 Å². The third-order valence-corrected chi connectivity index (χ3v) is 3.27. The lowest BCUT2D eigenvalue weighted by Gasteiger charge is -2.09. The van der Waals surface area contributed by atoms with Crippen molar-refractivity contribution in [1.82, 2.24) is 0 Å². The number of rotatable bonds is 5. The Labute approximate surface area is 116 Å². The van der Waals surface area contributed by atoms with Gasteiger partial charge in [-0.2, -0.15) is 0 Å². The predicted octanol–water partition coefficient (Wildman–Crippen LogP) is 2.71. The molecule has 0 fully saturated rings. The van der Waals surface area contributed by atoms with Crippen molar-refractivity contribution >= 4 is 21.4 Å². The summed E-state index contributed by atoms with van der Waals surface area (Å²) >= 11 is 0. The van der Waals surface area contributed by atoms with E-state index < -0.39 is 15.8 Å². The average Bonchev–Trinajstić information content (AvgIpc) is 2.74. The first-order valence-electron chi connectivity index (χ1n) is 5.89. The van der Waals surface area contributed by atoms with E-state index in [9.17, 15) is 12.8 Å². The van der Waals surface area contributed by atoms with Crippen molar-refractivity contribution in [3.8, 4) is 0 Å². The maximum absolute atomic E-state index is 13.5. The minimum atomic E-state index is -3.52. The largest absolute Gasteiger partial charge is 0.467 e. The predicted molar refractivity (Wildman–Crippen MR) is 75.6 cm³/mol. The summed E-state index contributed by atoms with van der Waals surface area (Å²) in [6.45, 7) is 2.35. The number of nitrogens with one attached hydrogen (secondary N) is 2. The quantitative estimate of drug-likeness (QED) is 0.890. The molecule has 0 amide bonds. The molecule has 0 atom stereocenters. The van der Waals surface area contributed by atoms with E-state index in [1.165, 1.54) is 18.2 Å². The van der Waals surface area contributed by atoms with Gasteiger partial charge in [0.1, 0.15) is 11.6 Å². The summed E-state index contributed by atoms with van der Waals surface area (Å²) in [5, 5.41) is 3.05. The van der Waals surface area contributed by atoms with E-state index >= 15 is 0 Å². The fourth-order valence-electron chi connectivity index (χ4n) is 1.68. The van der Waals surface area contributed by atoms with Crippen LogP contribution in [0.2, 0.25) is 0 Å². The minimum absolute atomic E-state index is 0.0892. The summed E-state index contributed by atoms with van der Waals surface area (Å²) in [5.74, 6) is 0.141. The molecule has 20 heavy (non-hydrogen) atoms. The molecule has 7 heteroatoms. The lowest BCUT2D eigenvalue weighted by Crippen LogP contribution is -2.11. The number of benzene rings is 1. The number of halogens is 1. The second-order valence-electron chi connectivity index (χ2n) is 4.45. The Bertz CT molecular complexity index is 710. The highest BCUT2D eigenvalue weighted by molar-refractivity contribution is 7.92. The molecule has 2 N–H and O–H groups in total.